The molecule has 0 aliphatic heterocycles. The normalized spacial score (nSPS) is 11.5. The molecule has 0 bridgehead atoms. The molecule has 2 aromatic carbocycles. The quantitative estimate of drug-likeness (QED) is 0.532. The number of benzene rings is 2. The highest BCUT2D eigenvalue weighted by atomic mass is 32.2. The van der Waals surface area contributed by atoms with Crippen molar-refractivity contribution in [1.29, 1.82) is 0 Å². The minimum Gasteiger partial charge on any atom is -0.491 e. The van der Waals surface area contributed by atoms with Crippen LogP contribution in [-0.2, 0) is 14.8 Å². The Balaban J connectivity index is 1.97. The third-order valence-electron chi connectivity index (χ3n) is 4.39. The molecule has 1 amide bonds. The van der Waals surface area contributed by atoms with E-state index in [2.05, 4.69) is 19.2 Å². The molecular weight excluding hydrogens is 416 g/mol. The van der Waals surface area contributed by atoms with Crippen molar-refractivity contribution in [3.05, 3.63) is 54.1 Å². The summed E-state index contributed by atoms with van der Waals surface area (Å²) in [4.78, 5) is 12.4. The summed E-state index contributed by atoms with van der Waals surface area (Å²) in [5.74, 6) is 1.23. The highest BCUT2D eigenvalue weighted by Crippen LogP contribution is 2.26. The molecule has 0 fully saturated rings. The molecule has 0 unspecified atom stereocenters. The Bertz CT molecular complexity index is 973. The van der Waals surface area contributed by atoms with E-state index in [0.29, 0.717) is 17.4 Å². The van der Waals surface area contributed by atoms with Crippen molar-refractivity contribution < 1.29 is 22.7 Å². The second-order valence-electron chi connectivity index (χ2n) is 7.82. The van der Waals surface area contributed by atoms with E-state index in [1.807, 2.05) is 38.1 Å². The summed E-state index contributed by atoms with van der Waals surface area (Å²) in [6.07, 6.45) is 1.02. The fourth-order valence-electron chi connectivity index (χ4n) is 3.01. The van der Waals surface area contributed by atoms with Crippen LogP contribution in [0.4, 0.5) is 5.69 Å². The van der Waals surface area contributed by atoms with Crippen LogP contribution in [0.15, 0.2) is 48.5 Å². The number of carbonyl (C=O) groups excluding carboxylic acids is 1. The lowest BCUT2D eigenvalue weighted by atomic mass is 10.0. The van der Waals surface area contributed by atoms with Crippen LogP contribution in [0.25, 0.3) is 0 Å². The van der Waals surface area contributed by atoms with E-state index in [4.69, 9.17) is 9.47 Å². The molecule has 0 spiro atoms. The van der Waals surface area contributed by atoms with Gasteiger partial charge in [0.15, 0.2) is 0 Å². The standard InChI is InChI=1S/C23H32N2O5S/c1-17(2)21-11-6-7-12-22(21)29-14-13-24-23(26)16-25(31(5,27)28)19-9-8-10-20(15-19)30-18(3)4/h6-12,15,17-18H,13-14,16H2,1-5H3,(H,24,26). The molecule has 8 heteroatoms. The number of para-hydroxylation sites is 1. The van der Waals surface area contributed by atoms with Gasteiger partial charge >= 0.3 is 0 Å². The van der Waals surface area contributed by atoms with E-state index in [1.54, 1.807) is 24.3 Å². The second kappa shape index (κ2) is 11.0. The lowest BCUT2D eigenvalue weighted by molar-refractivity contribution is -0.119. The first-order valence-corrected chi connectivity index (χ1v) is 12.2. The maximum Gasteiger partial charge on any atom is 0.240 e. The number of nitrogens with zero attached hydrogens (tertiary/aromatic N) is 1. The summed E-state index contributed by atoms with van der Waals surface area (Å²) in [5.41, 5.74) is 1.47. The predicted molar refractivity (Wildman–Crippen MR) is 123 cm³/mol. The third-order valence-corrected chi connectivity index (χ3v) is 5.53. The molecule has 31 heavy (non-hydrogen) atoms. The Morgan fingerprint density at radius 3 is 2.42 bits per heavy atom. The van der Waals surface area contributed by atoms with Gasteiger partial charge in [-0.15, -0.1) is 0 Å². The van der Waals surface area contributed by atoms with Gasteiger partial charge in [0.2, 0.25) is 15.9 Å². The fraction of sp³-hybridized carbons (Fsp3) is 0.435. The van der Waals surface area contributed by atoms with Gasteiger partial charge in [-0.05, 0) is 43.5 Å². The van der Waals surface area contributed by atoms with E-state index in [9.17, 15) is 13.2 Å². The number of rotatable bonds is 11. The second-order valence-corrected chi connectivity index (χ2v) is 9.73. The molecule has 2 aromatic rings. The molecule has 1 N–H and O–H groups in total. The zero-order valence-electron chi connectivity index (χ0n) is 18.8. The largest absolute Gasteiger partial charge is 0.491 e. The minimum absolute atomic E-state index is 0.0499. The van der Waals surface area contributed by atoms with E-state index in [0.717, 1.165) is 21.9 Å². The molecular formula is C23H32N2O5S. The van der Waals surface area contributed by atoms with Crippen molar-refractivity contribution in [2.45, 2.75) is 39.7 Å². The van der Waals surface area contributed by atoms with Gasteiger partial charge in [0.05, 0.1) is 24.6 Å². The molecule has 2 rings (SSSR count). The van der Waals surface area contributed by atoms with Gasteiger partial charge in [0.1, 0.15) is 24.7 Å². The van der Waals surface area contributed by atoms with Crippen molar-refractivity contribution >= 4 is 21.6 Å². The van der Waals surface area contributed by atoms with E-state index >= 15 is 0 Å². The number of carbonyl (C=O) groups is 1. The lowest BCUT2D eigenvalue weighted by Gasteiger charge is -2.23. The van der Waals surface area contributed by atoms with Crippen LogP contribution in [0.2, 0.25) is 0 Å². The summed E-state index contributed by atoms with van der Waals surface area (Å²) >= 11 is 0. The van der Waals surface area contributed by atoms with Gasteiger partial charge < -0.3 is 14.8 Å². The van der Waals surface area contributed by atoms with Crippen LogP contribution >= 0.6 is 0 Å². The van der Waals surface area contributed by atoms with Crippen LogP contribution in [0.1, 0.15) is 39.2 Å². The molecule has 0 radical (unpaired) electrons. The topological polar surface area (TPSA) is 84.9 Å². The number of nitrogens with one attached hydrogen (secondary N) is 1. The van der Waals surface area contributed by atoms with Crippen LogP contribution < -0.4 is 19.1 Å². The Hall–Kier alpha value is -2.74. The third kappa shape index (κ3) is 7.79. The van der Waals surface area contributed by atoms with Crippen molar-refractivity contribution in [1.82, 2.24) is 5.32 Å². The van der Waals surface area contributed by atoms with E-state index < -0.39 is 15.9 Å². The maximum atomic E-state index is 12.4. The number of hydrogen-bond acceptors (Lipinski definition) is 5. The Morgan fingerprint density at radius 2 is 1.77 bits per heavy atom. The number of hydrogen-bond donors (Lipinski definition) is 1. The maximum absolute atomic E-state index is 12.4. The van der Waals surface area contributed by atoms with Gasteiger partial charge in [-0.25, -0.2) is 8.42 Å². The highest BCUT2D eigenvalue weighted by Gasteiger charge is 2.21. The fourth-order valence-corrected chi connectivity index (χ4v) is 3.86. The zero-order chi connectivity index (χ0) is 23.0. The van der Waals surface area contributed by atoms with E-state index in [1.165, 1.54) is 0 Å². The number of anilines is 1. The first-order chi connectivity index (χ1) is 14.6. The monoisotopic (exact) mass is 448 g/mol. The number of ether oxygens (including phenoxy) is 2. The molecule has 0 aliphatic rings. The molecule has 170 valence electrons. The highest BCUT2D eigenvalue weighted by molar-refractivity contribution is 7.92. The molecule has 0 aromatic heterocycles. The van der Waals surface area contributed by atoms with Gasteiger partial charge in [0.25, 0.3) is 0 Å². The molecule has 0 heterocycles. The lowest BCUT2D eigenvalue weighted by Crippen LogP contribution is -2.41. The first-order valence-electron chi connectivity index (χ1n) is 10.3. The Labute approximate surface area is 185 Å². The summed E-state index contributed by atoms with van der Waals surface area (Å²) in [5, 5.41) is 2.72. The van der Waals surface area contributed by atoms with Crippen LogP contribution in [0, 0.1) is 0 Å². The molecule has 0 saturated heterocycles. The van der Waals surface area contributed by atoms with Crippen molar-refractivity contribution in [3.63, 3.8) is 0 Å². The molecule has 0 atom stereocenters. The molecule has 0 aliphatic carbocycles. The smallest absolute Gasteiger partial charge is 0.240 e. The van der Waals surface area contributed by atoms with Gasteiger partial charge in [-0.1, -0.05) is 38.1 Å². The van der Waals surface area contributed by atoms with Crippen molar-refractivity contribution in [3.8, 4) is 11.5 Å². The predicted octanol–water partition coefficient (Wildman–Crippen LogP) is 3.56. The SMILES string of the molecule is CC(C)Oc1cccc(N(CC(=O)NCCOc2ccccc2C(C)C)S(C)(=O)=O)c1. The Morgan fingerprint density at radius 1 is 1.06 bits per heavy atom. The van der Waals surface area contributed by atoms with Crippen molar-refractivity contribution in [2.24, 2.45) is 0 Å². The van der Waals surface area contributed by atoms with Gasteiger partial charge in [-0.2, -0.15) is 0 Å². The molecule has 7 nitrogen and oxygen atoms in total. The summed E-state index contributed by atoms with van der Waals surface area (Å²) in [6.45, 7) is 8.17. The first kappa shape index (κ1) is 24.5. The number of amides is 1. The van der Waals surface area contributed by atoms with Crippen LogP contribution in [0.5, 0.6) is 11.5 Å². The summed E-state index contributed by atoms with van der Waals surface area (Å²) in [6, 6.07) is 14.5. The van der Waals surface area contributed by atoms with E-state index in [-0.39, 0.29) is 25.8 Å². The molecule has 0 saturated carbocycles. The Kier molecular flexibility index (Phi) is 8.74. The van der Waals surface area contributed by atoms with Crippen molar-refractivity contribution in [2.75, 3.05) is 30.3 Å². The van der Waals surface area contributed by atoms with Crippen LogP contribution in [0.3, 0.4) is 0 Å². The zero-order valence-corrected chi connectivity index (χ0v) is 19.6. The average Bonchev–Trinajstić information content (AvgIpc) is 2.68. The minimum atomic E-state index is -3.66. The summed E-state index contributed by atoms with van der Waals surface area (Å²) < 4.78 is 37.1. The van der Waals surface area contributed by atoms with Gasteiger partial charge in [0, 0.05) is 6.07 Å². The average molecular weight is 449 g/mol. The summed E-state index contributed by atoms with van der Waals surface area (Å²) in [7, 11) is -3.66. The van der Waals surface area contributed by atoms with Gasteiger partial charge in [-0.3, -0.25) is 9.10 Å². The van der Waals surface area contributed by atoms with Crippen LogP contribution in [-0.4, -0.2) is 46.4 Å². The number of sulfonamides is 1.